The fraction of sp³-hybridized carbons (Fsp3) is 0.400. The number of nitrogens with zero attached hydrogens (tertiary/aromatic N) is 1. The third-order valence-corrected chi connectivity index (χ3v) is 6.76. The van der Waals surface area contributed by atoms with Gasteiger partial charge in [0.15, 0.2) is 0 Å². The smallest absolute Gasteiger partial charge is 0.407 e. The number of aliphatic hydroxyl groups is 2. The number of ether oxygens (including phenoxy) is 1. The van der Waals surface area contributed by atoms with Crippen LogP contribution in [0.5, 0.6) is 0 Å². The molecule has 1 saturated heterocycles. The predicted molar refractivity (Wildman–Crippen MR) is 122 cm³/mol. The maximum Gasteiger partial charge on any atom is 0.407 e. The zero-order valence-corrected chi connectivity index (χ0v) is 18.6. The number of carboxylic acid groups (broad SMARTS) is 1. The van der Waals surface area contributed by atoms with Crippen molar-refractivity contribution in [2.24, 2.45) is 0 Å². The molecule has 0 aromatic heterocycles. The van der Waals surface area contributed by atoms with Crippen molar-refractivity contribution in [2.45, 2.75) is 36.8 Å². The quantitative estimate of drug-likeness (QED) is 0.463. The summed E-state index contributed by atoms with van der Waals surface area (Å²) in [5, 5.41) is 31.2. The van der Waals surface area contributed by atoms with Crippen molar-refractivity contribution >= 4 is 18.0 Å². The summed E-state index contributed by atoms with van der Waals surface area (Å²) in [6.07, 6.45) is -0.611. The molecule has 1 aliphatic carbocycles. The molecule has 4 N–H and O–H groups in total. The number of carbonyl (C=O) groups excluding carboxylic acids is 2. The molecule has 0 radical (unpaired) electrons. The number of benzene rings is 2. The van der Waals surface area contributed by atoms with E-state index in [1.807, 2.05) is 48.5 Å². The number of hydrogen-bond donors (Lipinski definition) is 4. The summed E-state index contributed by atoms with van der Waals surface area (Å²) >= 11 is 0. The van der Waals surface area contributed by atoms with Gasteiger partial charge in [-0.1, -0.05) is 48.5 Å². The fourth-order valence-electron chi connectivity index (χ4n) is 5.01. The molecule has 2 aromatic carbocycles. The second-order valence-electron chi connectivity index (χ2n) is 8.75. The van der Waals surface area contributed by atoms with Crippen molar-refractivity contribution in [1.29, 1.82) is 0 Å². The summed E-state index contributed by atoms with van der Waals surface area (Å²) < 4.78 is 5.46. The van der Waals surface area contributed by atoms with Gasteiger partial charge in [-0.25, -0.2) is 4.79 Å². The van der Waals surface area contributed by atoms with Gasteiger partial charge < -0.3 is 30.3 Å². The first-order valence-corrected chi connectivity index (χ1v) is 11.3. The van der Waals surface area contributed by atoms with E-state index in [2.05, 4.69) is 5.32 Å². The standard InChI is InChI=1S/C25H28N2O7/c28-14-25(15-29)10-5-11-27(25)23(32)21(12-22(30)31)26-24(33)34-13-20-18-8-3-1-6-16(18)17-7-2-4-9-19(17)20/h1-4,6-9,20-21,28-29H,5,10-15H2,(H,26,33)(H,30,31). The predicted octanol–water partition coefficient (Wildman–Crippen LogP) is 1.71. The lowest BCUT2D eigenvalue weighted by Crippen LogP contribution is -2.58. The number of nitrogens with one attached hydrogen (secondary N) is 1. The number of alkyl carbamates (subject to hydrolysis) is 1. The highest BCUT2D eigenvalue weighted by molar-refractivity contribution is 5.90. The molecule has 1 unspecified atom stereocenters. The lowest BCUT2D eigenvalue weighted by Gasteiger charge is -2.37. The molecule has 1 fully saturated rings. The van der Waals surface area contributed by atoms with E-state index in [-0.39, 0.29) is 19.1 Å². The van der Waals surface area contributed by atoms with E-state index in [1.54, 1.807) is 0 Å². The molecule has 2 aliphatic rings. The molecular formula is C25H28N2O7. The molecule has 2 amide bonds. The van der Waals surface area contributed by atoms with E-state index in [4.69, 9.17) is 4.74 Å². The van der Waals surface area contributed by atoms with Gasteiger partial charge in [-0.2, -0.15) is 0 Å². The first-order chi connectivity index (χ1) is 16.4. The Balaban J connectivity index is 1.46. The molecule has 4 rings (SSSR count). The Morgan fingerprint density at radius 2 is 1.62 bits per heavy atom. The van der Waals surface area contributed by atoms with Crippen LogP contribution in [0, 0.1) is 0 Å². The van der Waals surface area contributed by atoms with Crippen molar-refractivity contribution in [3.63, 3.8) is 0 Å². The van der Waals surface area contributed by atoms with Crippen molar-refractivity contribution in [3.05, 3.63) is 59.7 Å². The highest BCUT2D eigenvalue weighted by Gasteiger charge is 2.45. The van der Waals surface area contributed by atoms with Gasteiger partial charge in [0, 0.05) is 12.5 Å². The second kappa shape index (κ2) is 9.82. The highest BCUT2D eigenvalue weighted by Crippen LogP contribution is 2.44. The summed E-state index contributed by atoms with van der Waals surface area (Å²) in [5.74, 6) is -2.12. The van der Waals surface area contributed by atoms with E-state index < -0.39 is 49.2 Å². The Morgan fingerprint density at radius 3 is 2.18 bits per heavy atom. The van der Waals surface area contributed by atoms with Gasteiger partial charge in [-0.05, 0) is 35.1 Å². The number of aliphatic hydroxyl groups excluding tert-OH is 2. The molecule has 9 nitrogen and oxygen atoms in total. The average Bonchev–Trinajstić information content (AvgIpc) is 3.41. The number of carboxylic acids is 1. The first kappa shape index (κ1) is 23.7. The molecule has 180 valence electrons. The van der Waals surface area contributed by atoms with Crippen LogP contribution in [0.2, 0.25) is 0 Å². The number of hydrogen-bond acceptors (Lipinski definition) is 6. The molecule has 0 spiro atoms. The van der Waals surface area contributed by atoms with Gasteiger partial charge in [0.25, 0.3) is 0 Å². The van der Waals surface area contributed by atoms with E-state index in [0.717, 1.165) is 22.3 Å². The molecule has 1 heterocycles. The van der Waals surface area contributed by atoms with Crippen molar-refractivity contribution in [3.8, 4) is 11.1 Å². The second-order valence-corrected chi connectivity index (χ2v) is 8.75. The first-order valence-electron chi connectivity index (χ1n) is 11.3. The van der Waals surface area contributed by atoms with Gasteiger partial charge in [-0.3, -0.25) is 9.59 Å². The minimum atomic E-state index is -1.39. The number of fused-ring (bicyclic) bond motifs is 3. The molecule has 1 aliphatic heterocycles. The minimum absolute atomic E-state index is 0.0226. The lowest BCUT2D eigenvalue weighted by atomic mass is 9.97. The summed E-state index contributed by atoms with van der Waals surface area (Å²) in [7, 11) is 0. The Kier molecular flexibility index (Phi) is 6.85. The van der Waals surface area contributed by atoms with Gasteiger partial charge in [-0.15, -0.1) is 0 Å². The van der Waals surface area contributed by atoms with E-state index in [1.165, 1.54) is 4.90 Å². The van der Waals surface area contributed by atoms with Crippen molar-refractivity contribution in [1.82, 2.24) is 10.2 Å². The molecular weight excluding hydrogens is 440 g/mol. The largest absolute Gasteiger partial charge is 0.481 e. The normalized spacial score (nSPS) is 17.1. The van der Waals surface area contributed by atoms with Crippen molar-refractivity contribution < 1.29 is 34.4 Å². The maximum absolute atomic E-state index is 13.1. The number of likely N-dealkylation sites (tertiary alicyclic amines) is 1. The SMILES string of the molecule is O=C(O)CC(NC(=O)OCC1c2ccccc2-c2ccccc21)C(=O)N1CCCC1(CO)CO. The lowest BCUT2D eigenvalue weighted by molar-refractivity contribution is -0.146. The molecule has 0 bridgehead atoms. The van der Waals surface area contributed by atoms with Crippen LogP contribution < -0.4 is 5.32 Å². The van der Waals surface area contributed by atoms with Crippen LogP contribution in [0.15, 0.2) is 48.5 Å². The van der Waals surface area contributed by atoms with E-state index >= 15 is 0 Å². The zero-order valence-electron chi connectivity index (χ0n) is 18.6. The van der Waals surface area contributed by atoms with Crippen LogP contribution in [0.3, 0.4) is 0 Å². The van der Waals surface area contributed by atoms with Crippen LogP contribution in [-0.4, -0.2) is 76.1 Å². The van der Waals surface area contributed by atoms with Gasteiger partial charge >= 0.3 is 12.1 Å². The summed E-state index contributed by atoms with van der Waals surface area (Å²) in [6.45, 7) is -0.642. The van der Waals surface area contributed by atoms with E-state index in [0.29, 0.717) is 12.8 Å². The summed E-state index contributed by atoms with van der Waals surface area (Å²) in [4.78, 5) is 38.4. The van der Waals surface area contributed by atoms with Crippen LogP contribution >= 0.6 is 0 Å². The van der Waals surface area contributed by atoms with Crippen LogP contribution in [0.25, 0.3) is 11.1 Å². The molecule has 1 atom stereocenters. The van der Waals surface area contributed by atoms with E-state index in [9.17, 15) is 29.7 Å². The Labute approximate surface area is 197 Å². The zero-order chi connectivity index (χ0) is 24.3. The van der Waals surface area contributed by atoms with Gasteiger partial charge in [0.2, 0.25) is 5.91 Å². The van der Waals surface area contributed by atoms with Crippen LogP contribution in [0.1, 0.15) is 36.3 Å². The summed E-state index contributed by atoms with van der Waals surface area (Å²) in [6, 6.07) is 14.3. The average molecular weight is 469 g/mol. The number of rotatable bonds is 8. The highest BCUT2D eigenvalue weighted by atomic mass is 16.5. The Morgan fingerprint density at radius 1 is 1.03 bits per heavy atom. The molecule has 9 heteroatoms. The van der Waals surface area contributed by atoms with Crippen molar-refractivity contribution in [2.75, 3.05) is 26.4 Å². The molecule has 34 heavy (non-hydrogen) atoms. The van der Waals surface area contributed by atoms with Gasteiger partial charge in [0.1, 0.15) is 12.6 Å². The molecule has 2 aromatic rings. The van der Waals surface area contributed by atoms with Crippen LogP contribution in [0.4, 0.5) is 4.79 Å². The third-order valence-electron chi connectivity index (χ3n) is 6.76. The number of amides is 2. The topological polar surface area (TPSA) is 136 Å². The molecule has 0 saturated carbocycles. The summed E-state index contributed by atoms with van der Waals surface area (Å²) in [5.41, 5.74) is 3.04. The number of carbonyl (C=O) groups is 3. The van der Waals surface area contributed by atoms with Crippen LogP contribution in [-0.2, 0) is 14.3 Å². The third kappa shape index (κ3) is 4.36. The maximum atomic E-state index is 13.1. The fourth-order valence-corrected chi connectivity index (χ4v) is 5.01. The van der Waals surface area contributed by atoms with Gasteiger partial charge in [0.05, 0.1) is 25.2 Å². The Bertz CT molecular complexity index is 1040. The monoisotopic (exact) mass is 468 g/mol. The number of aliphatic carboxylic acids is 1. The minimum Gasteiger partial charge on any atom is -0.481 e. The Hall–Kier alpha value is -3.43.